The minimum Gasteiger partial charge on any atom is -0.496 e. The highest BCUT2D eigenvalue weighted by atomic mass is 79.9. The Morgan fingerprint density at radius 2 is 2.05 bits per heavy atom. The number of para-hydroxylation sites is 1. The van der Waals surface area contributed by atoms with Gasteiger partial charge in [-0.05, 0) is 30.7 Å². The summed E-state index contributed by atoms with van der Waals surface area (Å²) < 4.78 is 6.38. The fourth-order valence-corrected chi connectivity index (χ4v) is 2.64. The summed E-state index contributed by atoms with van der Waals surface area (Å²) in [6, 6.07) is 15.8. The lowest BCUT2D eigenvalue weighted by molar-refractivity contribution is 0.406. The van der Waals surface area contributed by atoms with E-state index >= 15 is 0 Å². The molecule has 0 aliphatic carbocycles. The third kappa shape index (κ3) is 3.56. The summed E-state index contributed by atoms with van der Waals surface area (Å²) >= 11 is 3.45. The van der Waals surface area contributed by atoms with Crippen molar-refractivity contribution in [3.05, 3.63) is 58.1 Å². The molecule has 0 fully saturated rings. The molecular weight excluding hydrogens is 328 g/mol. The number of anilines is 1. The Morgan fingerprint density at radius 3 is 2.71 bits per heavy atom. The number of ether oxygens (including phenoxy) is 1. The average Bonchev–Trinajstić information content (AvgIpc) is 2.52. The number of nitrogens with one attached hydrogen (secondary N) is 1. The van der Waals surface area contributed by atoms with Gasteiger partial charge < -0.3 is 10.1 Å². The van der Waals surface area contributed by atoms with Crippen LogP contribution in [0.2, 0.25) is 0 Å². The van der Waals surface area contributed by atoms with Crippen LogP contribution in [0.3, 0.4) is 0 Å². The van der Waals surface area contributed by atoms with Crippen LogP contribution in [0, 0.1) is 11.3 Å². The summed E-state index contributed by atoms with van der Waals surface area (Å²) in [6.07, 6.45) is 0.887. The molecule has 21 heavy (non-hydrogen) atoms. The summed E-state index contributed by atoms with van der Waals surface area (Å²) in [6.45, 7) is 2.11. The lowest BCUT2D eigenvalue weighted by atomic mass is 10.0. The Morgan fingerprint density at radius 1 is 1.29 bits per heavy atom. The van der Waals surface area contributed by atoms with E-state index in [4.69, 9.17) is 4.74 Å². The molecule has 0 saturated heterocycles. The molecule has 108 valence electrons. The van der Waals surface area contributed by atoms with Crippen LogP contribution in [0.15, 0.2) is 46.9 Å². The Labute approximate surface area is 133 Å². The standard InChI is InChI=1S/C17H17BrN2O/c1-3-15(14-6-4-5-7-17(14)21-2)20-16-10-13(18)9-8-12(16)11-19/h4-10,15,20H,3H2,1-2H3. The van der Waals surface area contributed by atoms with Gasteiger partial charge in [0.1, 0.15) is 11.8 Å². The number of hydrogen-bond acceptors (Lipinski definition) is 3. The van der Waals surface area contributed by atoms with Crippen molar-refractivity contribution >= 4 is 21.6 Å². The summed E-state index contributed by atoms with van der Waals surface area (Å²) in [5, 5.41) is 12.7. The van der Waals surface area contributed by atoms with Gasteiger partial charge in [0, 0.05) is 10.0 Å². The molecule has 2 aromatic rings. The van der Waals surface area contributed by atoms with Crippen molar-refractivity contribution in [1.82, 2.24) is 0 Å². The van der Waals surface area contributed by atoms with Crippen LogP contribution in [0.1, 0.15) is 30.5 Å². The molecule has 0 heterocycles. The molecule has 2 rings (SSSR count). The SMILES string of the molecule is CCC(Nc1cc(Br)ccc1C#N)c1ccccc1OC. The molecule has 0 aliphatic heterocycles. The van der Waals surface area contributed by atoms with Gasteiger partial charge >= 0.3 is 0 Å². The fraction of sp³-hybridized carbons (Fsp3) is 0.235. The average molecular weight is 345 g/mol. The molecule has 1 N–H and O–H groups in total. The van der Waals surface area contributed by atoms with Crippen molar-refractivity contribution in [3.63, 3.8) is 0 Å². The Kier molecular flexibility index (Phi) is 5.24. The maximum Gasteiger partial charge on any atom is 0.124 e. The first-order valence-corrected chi connectivity index (χ1v) is 7.58. The topological polar surface area (TPSA) is 45.0 Å². The van der Waals surface area contributed by atoms with Gasteiger partial charge in [-0.15, -0.1) is 0 Å². The summed E-state index contributed by atoms with van der Waals surface area (Å²) in [5.74, 6) is 0.852. The van der Waals surface area contributed by atoms with E-state index in [1.807, 2.05) is 36.4 Å². The second-order valence-corrected chi connectivity index (χ2v) is 5.56. The Hall–Kier alpha value is -1.99. The van der Waals surface area contributed by atoms with E-state index in [0.29, 0.717) is 5.56 Å². The van der Waals surface area contributed by atoms with Crippen molar-refractivity contribution in [1.29, 1.82) is 5.26 Å². The monoisotopic (exact) mass is 344 g/mol. The lowest BCUT2D eigenvalue weighted by Gasteiger charge is -2.21. The van der Waals surface area contributed by atoms with Crippen molar-refractivity contribution in [2.45, 2.75) is 19.4 Å². The van der Waals surface area contributed by atoms with E-state index in [9.17, 15) is 5.26 Å². The molecule has 3 nitrogen and oxygen atoms in total. The van der Waals surface area contributed by atoms with E-state index < -0.39 is 0 Å². The van der Waals surface area contributed by atoms with Gasteiger partial charge in [0.05, 0.1) is 24.4 Å². The lowest BCUT2D eigenvalue weighted by Crippen LogP contribution is -2.12. The molecule has 0 aliphatic rings. The van der Waals surface area contributed by atoms with Crippen molar-refractivity contribution in [3.8, 4) is 11.8 Å². The van der Waals surface area contributed by atoms with Gasteiger partial charge in [0.15, 0.2) is 0 Å². The van der Waals surface area contributed by atoms with Crippen LogP contribution in [0.4, 0.5) is 5.69 Å². The molecule has 0 saturated carbocycles. The molecule has 0 spiro atoms. The molecule has 0 bridgehead atoms. The maximum absolute atomic E-state index is 9.24. The zero-order valence-electron chi connectivity index (χ0n) is 12.1. The number of benzene rings is 2. The summed E-state index contributed by atoms with van der Waals surface area (Å²) in [5.41, 5.74) is 2.54. The van der Waals surface area contributed by atoms with Crippen molar-refractivity contribution in [2.75, 3.05) is 12.4 Å². The van der Waals surface area contributed by atoms with E-state index in [2.05, 4.69) is 34.2 Å². The molecule has 0 aromatic heterocycles. The summed E-state index contributed by atoms with van der Waals surface area (Å²) in [4.78, 5) is 0. The molecule has 0 amide bonds. The van der Waals surface area contributed by atoms with Crippen molar-refractivity contribution < 1.29 is 4.74 Å². The molecule has 1 atom stereocenters. The van der Waals surface area contributed by atoms with E-state index in [1.54, 1.807) is 13.2 Å². The first-order chi connectivity index (χ1) is 10.2. The van der Waals surface area contributed by atoms with Crippen LogP contribution < -0.4 is 10.1 Å². The van der Waals surface area contributed by atoms with Crippen LogP contribution >= 0.6 is 15.9 Å². The third-order valence-corrected chi connectivity index (χ3v) is 3.85. The minimum atomic E-state index is 0.0857. The zero-order chi connectivity index (χ0) is 15.2. The Balaban J connectivity index is 2.36. The van der Waals surface area contributed by atoms with Crippen LogP contribution in [0.25, 0.3) is 0 Å². The van der Waals surface area contributed by atoms with E-state index in [1.165, 1.54) is 0 Å². The van der Waals surface area contributed by atoms with Gasteiger partial charge in [-0.2, -0.15) is 5.26 Å². The van der Waals surface area contributed by atoms with Crippen LogP contribution in [-0.2, 0) is 0 Å². The number of nitrogens with zero attached hydrogens (tertiary/aromatic N) is 1. The quantitative estimate of drug-likeness (QED) is 0.839. The number of hydrogen-bond donors (Lipinski definition) is 1. The number of nitriles is 1. The minimum absolute atomic E-state index is 0.0857. The second-order valence-electron chi connectivity index (χ2n) is 4.65. The maximum atomic E-state index is 9.24. The van der Waals surface area contributed by atoms with Gasteiger partial charge in [-0.25, -0.2) is 0 Å². The fourth-order valence-electron chi connectivity index (χ4n) is 2.28. The first-order valence-electron chi connectivity index (χ1n) is 6.78. The molecule has 0 radical (unpaired) electrons. The highest BCUT2D eigenvalue weighted by Gasteiger charge is 2.15. The molecule has 2 aromatic carbocycles. The smallest absolute Gasteiger partial charge is 0.124 e. The zero-order valence-corrected chi connectivity index (χ0v) is 13.6. The van der Waals surface area contributed by atoms with Crippen molar-refractivity contribution in [2.24, 2.45) is 0 Å². The van der Waals surface area contributed by atoms with Crippen LogP contribution in [-0.4, -0.2) is 7.11 Å². The summed E-state index contributed by atoms with van der Waals surface area (Å²) in [7, 11) is 1.67. The number of methoxy groups -OCH3 is 1. The van der Waals surface area contributed by atoms with E-state index in [0.717, 1.165) is 27.9 Å². The predicted octanol–water partition coefficient (Wildman–Crippen LogP) is 4.89. The predicted molar refractivity (Wildman–Crippen MR) is 88.5 cm³/mol. The molecule has 1 unspecified atom stereocenters. The van der Waals surface area contributed by atoms with Crippen LogP contribution in [0.5, 0.6) is 5.75 Å². The number of rotatable bonds is 5. The third-order valence-electron chi connectivity index (χ3n) is 3.35. The number of halogens is 1. The largest absolute Gasteiger partial charge is 0.496 e. The Bertz CT molecular complexity index is 664. The highest BCUT2D eigenvalue weighted by Crippen LogP contribution is 2.31. The second kappa shape index (κ2) is 7.14. The van der Waals surface area contributed by atoms with Gasteiger partial charge in [-0.3, -0.25) is 0 Å². The molecule has 4 heteroatoms. The van der Waals surface area contributed by atoms with E-state index in [-0.39, 0.29) is 6.04 Å². The highest BCUT2D eigenvalue weighted by molar-refractivity contribution is 9.10. The van der Waals surface area contributed by atoms with Gasteiger partial charge in [0.2, 0.25) is 0 Å². The first kappa shape index (κ1) is 15.4. The normalized spacial score (nSPS) is 11.5. The molecular formula is C17H17BrN2O. The van der Waals surface area contributed by atoms with Gasteiger partial charge in [-0.1, -0.05) is 41.1 Å². The van der Waals surface area contributed by atoms with Gasteiger partial charge in [0.25, 0.3) is 0 Å².